The summed E-state index contributed by atoms with van der Waals surface area (Å²) in [5, 5.41) is 12.4. The molecule has 0 aliphatic rings. The molecule has 0 N–H and O–H groups in total. The summed E-state index contributed by atoms with van der Waals surface area (Å²) in [5.74, 6) is 0. The van der Waals surface area contributed by atoms with Gasteiger partial charge in [-0.2, -0.15) is 10.2 Å². The Bertz CT molecular complexity index is 479. The van der Waals surface area contributed by atoms with Crippen LogP contribution in [0.25, 0.3) is 11.4 Å². The fourth-order valence-corrected chi connectivity index (χ4v) is 1.73. The zero-order valence-electron chi connectivity index (χ0n) is 10.1. The summed E-state index contributed by atoms with van der Waals surface area (Å²) in [6.45, 7) is 6.51. The van der Waals surface area contributed by atoms with Crippen molar-refractivity contribution in [2.45, 2.75) is 26.2 Å². The molecule has 0 spiro atoms. The highest BCUT2D eigenvalue weighted by Gasteiger charge is 2.20. The first kappa shape index (κ1) is 10.8. The van der Waals surface area contributed by atoms with Gasteiger partial charge in [0, 0.05) is 24.4 Å². The molecule has 84 valence electrons. The quantitative estimate of drug-likeness (QED) is 0.733. The molecular formula is C12H16N4. The largest absolute Gasteiger partial charge is 0.271 e. The molecule has 0 radical (unpaired) electrons. The van der Waals surface area contributed by atoms with E-state index in [0.29, 0.717) is 0 Å². The second-order valence-electron chi connectivity index (χ2n) is 4.90. The van der Waals surface area contributed by atoms with Gasteiger partial charge in [-0.05, 0) is 18.2 Å². The normalized spacial score (nSPS) is 11.8. The van der Waals surface area contributed by atoms with Crippen LogP contribution < -0.4 is 0 Å². The van der Waals surface area contributed by atoms with Gasteiger partial charge in [-0.3, -0.25) is 4.68 Å². The van der Waals surface area contributed by atoms with Crippen LogP contribution >= 0.6 is 0 Å². The molecule has 2 rings (SSSR count). The van der Waals surface area contributed by atoms with E-state index in [0.717, 1.165) is 11.4 Å². The third-order valence-electron chi connectivity index (χ3n) is 2.48. The van der Waals surface area contributed by atoms with E-state index in [1.807, 2.05) is 23.9 Å². The van der Waals surface area contributed by atoms with Crippen molar-refractivity contribution in [2.75, 3.05) is 0 Å². The van der Waals surface area contributed by atoms with Gasteiger partial charge in [-0.15, -0.1) is 5.10 Å². The van der Waals surface area contributed by atoms with Crippen LogP contribution in [0.1, 0.15) is 26.5 Å². The van der Waals surface area contributed by atoms with Crippen molar-refractivity contribution in [2.24, 2.45) is 7.05 Å². The molecule has 4 nitrogen and oxygen atoms in total. The fraction of sp³-hybridized carbons (Fsp3) is 0.417. The first-order valence-corrected chi connectivity index (χ1v) is 5.31. The van der Waals surface area contributed by atoms with Crippen molar-refractivity contribution in [1.29, 1.82) is 0 Å². The molecule has 2 aromatic heterocycles. The van der Waals surface area contributed by atoms with Crippen molar-refractivity contribution < 1.29 is 0 Å². The third kappa shape index (κ3) is 1.96. The minimum atomic E-state index is 0.0855. The van der Waals surface area contributed by atoms with Gasteiger partial charge in [0.2, 0.25) is 0 Å². The number of hydrogen-bond donors (Lipinski definition) is 0. The molecule has 0 bridgehead atoms. The lowest BCUT2D eigenvalue weighted by Gasteiger charge is -2.17. The van der Waals surface area contributed by atoms with Crippen LogP contribution in [0.15, 0.2) is 24.4 Å². The molecule has 2 aromatic rings. The molecule has 0 unspecified atom stereocenters. The molecule has 0 aromatic carbocycles. The summed E-state index contributed by atoms with van der Waals surface area (Å²) in [6, 6.07) is 5.86. The van der Waals surface area contributed by atoms with Gasteiger partial charge in [0.1, 0.15) is 11.4 Å². The molecular weight excluding hydrogens is 200 g/mol. The first-order chi connectivity index (χ1) is 7.48. The van der Waals surface area contributed by atoms with Crippen molar-refractivity contribution in [3.8, 4) is 11.4 Å². The molecule has 16 heavy (non-hydrogen) atoms. The Balaban J connectivity index is 2.47. The molecule has 0 aliphatic heterocycles. The van der Waals surface area contributed by atoms with Crippen LogP contribution in [-0.4, -0.2) is 20.0 Å². The van der Waals surface area contributed by atoms with Crippen LogP contribution in [0.5, 0.6) is 0 Å². The first-order valence-electron chi connectivity index (χ1n) is 5.31. The Morgan fingerprint density at radius 2 is 1.94 bits per heavy atom. The summed E-state index contributed by atoms with van der Waals surface area (Å²) in [5.41, 5.74) is 2.96. The van der Waals surface area contributed by atoms with E-state index in [1.165, 1.54) is 5.69 Å². The summed E-state index contributed by atoms with van der Waals surface area (Å²) in [4.78, 5) is 0. The average Bonchev–Trinajstić information content (AvgIpc) is 2.61. The lowest BCUT2D eigenvalue weighted by molar-refractivity contribution is 0.523. The van der Waals surface area contributed by atoms with Crippen LogP contribution in [-0.2, 0) is 12.5 Å². The highest BCUT2D eigenvalue weighted by atomic mass is 15.3. The minimum Gasteiger partial charge on any atom is -0.271 e. The van der Waals surface area contributed by atoms with Gasteiger partial charge in [-0.25, -0.2) is 0 Å². The molecule has 0 fully saturated rings. The Morgan fingerprint density at radius 1 is 1.19 bits per heavy atom. The molecule has 0 aliphatic carbocycles. The third-order valence-corrected chi connectivity index (χ3v) is 2.48. The Morgan fingerprint density at radius 3 is 2.44 bits per heavy atom. The van der Waals surface area contributed by atoms with E-state index in [1.54, 1.807) is 6.20 Å². The lowest BCUT2D eigenvalue weighted by atomic mass is 9.92. The van der Waals surface area contributed by atoms with Gasteiger partial charge in [0.15, 0.2) is 0 Å². The molecule has 0 saturated heterocycles. The predicted molar refractivity (Wildman–Crippen MR) is 62.9 cm³/mol. The van der Waals surface area contributed by atoms with Crippen molar-refractivity contribution in [1.82, 2.24) is 20.0 Å². The van der Waals surface area contributed by atoms with Crippen molar-refractivity contribution in [3.05, 3.63) is 30.1 Å². The van der Waals surface area contributed by atoms with E-state index >= 15 is 0 Å². The lowest BCUT2D eigenvalue weighted by Crippen LogP contribution is -2.16. The molecule has 2 heterocycles. The monoisotopic (exact) mass is 216 g/mol. The number of hydrogen-bond acceptors (Lipinski definition) is 3. The van der Waals surface area contributed by atoms with E-state index < -0.39 is 0 Å². The molecule has 4 heteroatoms. The van der Waals surface area contributed by atoms with E-state index in [2.05, 4.69) is 42.1 Å². The van der Waals surface area contributed by atoms with Crippen LogP contribution in [0, 0.1) is 0 Å². The number of nitrogens with zero attached hydrogens (tertiary/aromatic N) is 4. The zero-order valence-corrected chi connectivity index (χ0v) is 10.1. The summed E-state index contributed by atoms with van der Waals surface area (Å²) < 4.78 is 1.91. The van der Waals surface area contributed by atoms with Crippen LogP contribution in [0.2, 0.25) is 0 Å². The van der Waals surface area contributed by atoms with Crippen LogP contribution in [0.3, 0.4) is 0 Å². The predicted octanol–water partition coefficient (Wildman–Crippen LogP) is 2.17. The SMILES string of the molecule is Cn1nc(-c2cccnn2)cc1C(C)(C)C. The summed E-state index contributed by atoms with van der Waals surface area (Å²) in [7, 11) is 1.96. The highest BCUT2D eigenvalue weighted by Crippen LogP contribution is 2.25. The maximum atomic E-state index is 4.46. The van der Waals surface area contributed by atoms with E-state index in [4.69, 9.17) is 0 Å². The molecule has 0 atom stereocenters. The average molecular weight is 216 g/mol. The highest BCUT2D eigenvalue weighted by molar-refractivity contribution is 5.53. The van der Waals surface area contributed by atoms with Gasteiger partial charge in [-0.1, -0.05) is 20.8 Å². The number of rotatable bonds is 1. The van der Waals surface area contributed by atoms with Crippen molar-refractivity contribution >= 4 is 0 Å². The maximum absolute atomic E-state index is 4.46. The topological polar surface area (TPSA) is 43.6 Å². The minimum absolute atomic E-state index is 0.0855. The maximum Gasteiger partial charge on any atom is 0.113 e. The van der Waals surface area contributed by atoms with Gasteiger partial charge in [0.05, 0.1) is 0 Å². The number of aryl methyl sites for hydroxylation is 1. The van der Waals surface area contributed by atoms with Crippen LogP contribution in [0.4, 0.5) is 0 Å². The second kappa shape index (κ2) is 3.70. The Labute approximate surface area is 95.3 Å². The fourth-order valence-electron chi connectivity index (χ4n) is 1.73. The summed E-state index contributed by atoms with van der Waals surface area (Å²) in [6.07, 6.45) is 1.66. The molecule has 0 amide bonds. The number of aromatic nitrogens is 4. The van der Waals surface area contributed by atoms with Crippen molar-refractivity contribution in [3.63, 3.8) is 0 Å². The smallest absolute Gasteiger partial charge is 0.113 e. The molecule has 0 saturated carbocycles. The second-order valence-corrected chi connectivity index (χ2v) is 4.90. The van der Waals surface area contributed by atoms with Gasteiger partial charge < -0.3 is 0 Å². The summed E-state index contributed by atoms with van der Waals surface area (Å²) >= 11 is 0. The van der Waals surface area contributed by atoms with E-state index in [9.17, 15) is 0 Å². The van der Waals surface area contributed by atoms with E-state index in [-0.39, 0.29) is 5.41 Å². The standard InChI is InChI=1S/C12H16N4/c1-12(2,3)11-8-10(15-16(11)4)9-6-5-7-13-14-9/h5-8H,1-4H3. The zero-order chi connectivity index (χ0) is 11.8. The van der Waals surface area contributed by atoms with Gasteiger partial charge in [0.25, 0.3) is 0 Å². The Kier molecular flexibility index (Phi) is 2.50. The Hall–Kier alpha value is -1.71. The van der Waals surface area contributed by atoms with Gasteiger partial charge >= 0.3 is 0 Å².